The Balaban J connectivity index is 2.59. The molecule has 0 heterocycles. The Morgan fingerprint density at radius 3 is 2.26 bits per heavy atom. The van der Waals surface area contributed by atoms with Crippen molar-refractivity contribution in [3.8, 4) is 11.5 Å². The van der Waals surface area contributed by atoms with Gasteiger partial charge in [0.2, 0.25) is 9.84 Å². The van der Waals surface area contributed by atoms with Crippen LogP contribution in [0.15, 0.2) is 71.5 Å². The van der Waals surface area contributed by atoms with E-state index in [1.165, 1.54) is 24.3 Å². The van der Waals surface area contributed by atoms with Crippen molar-refractivity contribution in [2.24, 2.45) is 0 Å². The number of rotatable bonds is 6. The van der Waals surface area contributed by atoms with Gasteiger partial charge in [-0.3, -0.25) is 0 Å². The molecule has 0 bridgehead atoms. The van der Waals surface area contributed by atoms with Gasteiger partial charge in [-0.15, -0.1) is 13.2 Å². The number of sulfone groups is 1. The van der Waals surface area contributed by atoms with E-state index in [2.05, 4.69) is 13.2 Å². The zero-order chi connectivity index (χ0) is 17.0. The van der Waals surface area contributed by atoms with E-state index in [0.717, 1.165) is 0 Å². The summed E-state index contributed by atoms with van der Waals surface area (Å²) in [5, 5.41) is 20.0. The van der Waals surface area contributed by atoms with E-state index in [9.17, 15) is 18.6 Å². The molecule has 0 aliphatic heterocycles. The third-order valence-corrected chi connectivity index (χ3v) is 5.24. The first-order valence-electron chi connectivity index (χ1n) is 7.01. The molecular formula is C18H18O4S. The highest BCUT2D eigenvalue weighted by atomic mass is 32.2. The minimum atomic E-state index is -3.90. The largest absolute Gasteiger partial charge is 0.508 e. The average Bonchev–Trinajstić information content (AvgIpc) is 2.51. The first-order valence-corrected chi connectivity index (χ1v) is 8.49. The number of phenols is 2. The average molecular weight is 330 g/mol. The summed E-state index contributed by atoms with van der Waals surface area (Å²) in [7, 11) is -3.90. The molecule has 0 unspecified atom stereocenters. The third-order valence-electron chi connectivity index (χ3n) is 3.46. The number of allylic oxidation sites excluding steroid dienone is 2. The number of aromatic hydroxyl groups is 2. The molecule has 0 atom stereocenters. The quantitative estimate of drug-likeness (QED) is 0.796. The van der Waals surface area contributed by atoms with E-state index in [1.54, 1.807) is 24.3 Å². The number of para-hydroxylation sites is 1. The maximum atomic E-state index is 12.8. The Kier molecular flexibility index (Phi) is 4.91. The standard InChI is InChI=1S/C18H18O4S/c1-3-6-13-8-5-9-17(18(13)20)23(21,22)15-10-11-16(19)14(12-15)7-4-2/h3-5,8-12,19-20H,1-2,6-7H2. The zero-order valence-corrected chi connectivity index (χ0v) is 13.4. The van der Waals surface area contributed by atoms with Crippen LogP contribution in [0, 0.1) is 0 Å². The van der Waals surface area contributed by atoms with Gasteiger partial charge in [0.25, 0.3) is 0 Å². The summed E-state index contributed by atoms with van der Waals surface area (Å²) in [6.07, 6.45) is 3.88. The topological polar surface area (TPSA) is 74.6 Å². The molecular weight excluding hydrogens is 312 g/mol. The van der Waals surface area contributed by atoms with Crippen LogP contribution in [0.5, 0.6) is 11.5 Å². The summed E-state index contributed by atoms with van der Waals surface area (Å²) >= 11 is 0. The first-order chi connectivity index (χ1) is 10.9. The molecule has 0 radical (unpaired) electrons. The molecule has 0 saturated heterocycles. The molecule has 2 rings (SSSR count). The van der Waals surface area contributed by atoms with E-state index in [1.807, 2.05) is 0 Å². The molecule has 0 spiro atoms. The fraction of sp³-hybridized carbons (Fsp3) is 0.111. The number of phenolic OH excluding ortho intramolecular Hbond substituents is 2. The molecule has 2 aromatic rings. The molecule has 120 valence electrons. The molecule has 23 heavy (non-hydrogen) atoms. The van der Waals surface area contributed by atoms with Gasteiger partial charge in [0.05, 0.1) is 4.90 Å². The van der Waals surface area contributed by atoms with Gasteiger partial charge < -0.3 is 10.2 Å². The van der Waals surface area contributed by atoms with Crippen LogP contribution < -0.4 is 0 Å². The van der Waals surface area contributed by atoms with Crippen molar-refractivity contribution < 1.29 is 18.6 Å². The van der Waals surface area contributed by atoms with E-state index in [-0.39, 0.29) is 21.3 Å². The molecule has 0 fully saturated rings. The van der Waals surface area contributed by atoms with E-state index in [0.29, 0.717) is 24.0 Å². The van der Waals surface area contributed by atoms with Crippen LogP contribution in [0.3, 0.4) is 0 Å². The van der Waals surface area contributed by atoms with Crippen molar-refractivity contribution in [3.63, 3.8) is 0 Å². The zero-order valence-electron chi connectivity index (χ0n) is 12.6. The van der Waals surface area contributed by atoms with Crippen LogP contribution in [0.2, 0.25) is 0 Å². The van der Waals surface area contributed by atoms with Crippen LogP contribution in [-0.2, 0) is 22.7 Å². The molecule has 0 saturated carbocycles. The monoisotopic (exact) mass is 330 g/mol. The van der Waals surface area contributed by atoms with Gasteiger partial charge in [-0.25, -0.2) is 8.42 Å². The molecule has 4 nitrogen and oxygen atoms in total. The fourth-order valence-electron chi connectivity index (χ4n) is 2.28. The normalized spacial score (nSPS) is 11.1. The summed E-state index contributed by atoms with van der Waals surface area (Å²) in [6, 6.07) is 8.63. The first kappa shape index (κ1) is 16.8. The van der Waals surface area contributed by atoms with Gasteiger partial charge in [-0.05, 0) is 48.2 Å². The maximum absolute atomic E-state index is 12.8. The minimum absolute atomic E-state index is 0.00785. The molecule has 5 heteroatoms. The molecule has 0 aliphatic carbocycles. The highest BCUT2D eigenvalue weighted by molar-refractivity contribution is 7.91. The number of benzene rings is 2. The molecule has 2 aromatic carbocycles. The van der Waals surface area contributed by atoms with Gasteiger partial charge in [-0.1, -0.05) is 24.3 Å². The Morgan fingerprint density at radius 1 is 0.957 bits per heavy atom. The lowest BCUT2D eigenvalue weighted by Gasteiger charge is -2.11. The Hall–Kier alpha value is -2.53. The van der Waals surface area contributed by atoms with Crippen molar-refractivity contribution in [1.82, 2.24) is 0 Å². The highest BCUT2D eigenvalue weighted by Gasteiger charge is 2.23. The fourth-order valence-corrected chi connectivity index (χ4v) is 3.72. The van der Waals surface area contributed by atoms with Crippen molar-refractivity contribution >= 4 is 9.84 Å². The van der Waals surface area contributed by atoms with Crippen molar-refractivity contribution in [1.29, 1.82) is 0 Å². The van der Waals surface area contributed by atoms with E-state index < -0.39 is 9.84 Å². The summed E-state index contributed by atoms with van der Waals surface area (Å²) in [6.45, 7) is 7.17. The second-order valence-corrected chi connectivity index (χ2v) is 6.96. The Morgan fingerprint density at radius 2 is 1.61 bits per heavy atom. The molecule has 0 aromatic heterocycles. The van der Waals surface area contributed by atoms with Crippen LogP contribution >= 0.6 is 0 Å². The smallest absolute Gasteiger partial charge is 0.210 e. The summed E-state index contributed by atoms with van der Waals surface area (Å²) in [5.74, 6) is -0.265. The predicted octanol–water partition coefficient (Wildman–Crippen LogP) is 3.39. The second kappa shape index (κ2) is 6.71. The third kappa shape index (κ3) is 3.29. The second-order valence-electron chi connectivity index (χ2n) is 5.04. The summed E-state index contributed by atoms with van der Waals surface area (Å²) in [5.41, 5.74) is 0.953. The molecule has 0 amide bonds. The van der Waals surface area contributed by atoms with Crippen LogP contribution in [-0.4, -0.2) is 18.6 Å². The van der Waals surface area contributed by atoms with Crippen molar-refractivity contribution in [2.75, 3.05) is 0 Å². The van der Waals surface area contributed by atoms with Gasteiger partial charge in [-0.2, -0.15) is 0 Å². The van der Waals surface area contributed by atoms with Gasteiger partial charge in [0, 0.05) is 0 Å². The summed E-state index contributed by atoms with van der Waals surface area (Å²) < 4.78 is 25.6. The maximum Gasteiger partial charge on any atom is 0.210 e. The van der Waals surface area contributed by atoms with Crippen molar-refractivity contribution in [2.45, 2.75) is 22.6 Å². The molecule has 0 aliphatic rings. The van der Waals surface area contributed by atoms with E-state index >= 15 is 0 Å². The lowest BCUT2D eigenvalue weighted by atomic mass is 10.1. The van der Waals surface area contributed by atoms with Gasteiger partial charge in [0.1, 0.15) is 16.4 Å². The minimum Gasteiger partial charge on any atom is -0.508 e. The van der Waals surface area contributed by atoms with Crippen LogP contribution in [0.25, 0.3) is 0 Å². The highest BCUT2D eigenvalue weighted by Crippen LogP contribution is 2.33. The van der Waals surface area contributed by atoms with Crippen LogP contribution in [0.1, 0.15) is 11.1 Å². The van der Waals surface area contributed by atoms with Gasteiger partial charge >= 0.3 is 0 Å². The summed E-state index contributed by atoms with van der Waals surface area (Å²) in [4.78, 5) is -0.148. The lowest BCUT2D eigenvalue weighted by Crippen LogP contribution is -2.04. The Labute approximate surface area is 136 Å². The van der Waals surface area contributed by atoms with Gasteiger partial charge in [0.15, 0.2) is 0 Å². The lowest BCUT2D eigenvalue weighted by molar-refractivity contribution is 0.453. The number of hydrogen-bond acceptors (Lipinski definition) is 4. The molecule has 2 N–H and O–H groups in total. The number of hydrogen-bond donors (Lipinski definition) is 2. The predicted molar refractivity (Wildman–Crippen MR) is 89.5 cm³/mol. The van der Waals surface area contributed by atoms with Crippen molar-refractivity contribution in [3.05, 3.63) is 72.8 Å². The Bertz CT molecular complexity index is 851. The SMILES string of the molecule is C=CCc1cc(S(=O)(=O)c2cccc(CC=C)c2O)ccc1O. The van der Waals surface area contributed by atoms with Crippen LogP contribution in [0.4, 0.5) is 0 Å². The van der Waals surface area contributed by atoms with E-state index in [4.69, 9.17) is 0 Å².